The van der Waals surface area contributed by atoms with E-state index in [1.165, 1.54) is 24.1 Å². The summed E-state index contributed by atoms with van der Waals surface area (Å²) >= 11 is 6.42. The van der Waals surface area contributed by atoms with Gasteiger partial charge in [-0.15, -0.1) is 0 Å². The van der Waals surface area contributed by atoms with Crippen LogP contribution < -0.4 is 14.4 Å². The number of ether oxygens (including phenoxy) is 1. The first-order valence-corrected chi connectivity index (χ1v) is 14.5. The fraction of sp³-hybridized carbons (Fsp3) is 0.310. The van der Waals surface area contributed by atoms with E-state index in [1.807, 2.05) is 13.8 Å². The van der Waals surface area contributed by atoms with Crippen molar-refractivity contribution >= 4 is 39.1 Å². The Bertz CT molecular complexity index is 1380. The lowest BCUT2D eigenvalue weighted by Gasteiger charge is -2.34. The van der Waals surface area contributed by atoms with E-state index in [-0.39, 0.29) is 34.8 Å². The van der Waals surface area contributed by atoms with Crippen molar-refractivity contribution in [2.45, 2.75) is 50.7 Å². The summed E-state index contributed by atoms with van der Waals surface area (Å²) < 4.78 is 34.3. The molecule has 0 saturated heterocycles. The molecule has 0 radical (unpaired) electrons. The van der Waals surface area contributed by atoms with E-state index in [4.69, 9.17) is 16.3 Å². The maximum Gasteiger partial charge on any atom is 0.264 e. The van der Waals surface area contributed by atoms with Gasteiger partial charge in [0.25, 0.3) is 10.0 Å². The summed E-state index contributed by atoms with van der Waals surface area (Å²) in [5, 5.41) is 3.31. The number of nitrogens with one attached hydrogen (secondary N) is 1. The highest BCUT2D eigenvalue weighted by atomic mass is 35.5. The standard InChI is InChI=1S/C29H34ClN3O5S/c1-5-25(29(35)31-21(2)3)32(19-22-13-9-10-16-24(22)30)28(34)20-33(26-17-11-12-18-27(26)38-4)39(36,37)23-14-7-6-8-15-23/h6-18,21,25H,5,19-20H2,1-4H3,(H,31,35)/t25-/m1/s1. The van der Waals surface area contributed by atoms with Crippen LogP contribution in [0.4, 0.5) is 5.69 Å². The molecule has 0 unspecified atom stereocenters. The summed E-state index contributed by atoms with van der Waals surface area (Å²) in [5.41, 5.74) is 0.840. The molecule has 0 aliphatic rings. The number of carbonyl (C=O) groups excluding carboxylic acids is 2. The first-order valence-electron chi connectivity index (χ1n) is 12.6. The summed E-state index contributed by atoms with van der Waals surface area (Å²) in [6, 6.07) is 20.5. The third kappa shape index (κ3) is 7.30. The van der Waals surface area contributed by atoms with Crippen molar-refractivity contribution in [3.8, 4) is 5.75 Å². The van der Waals surface area contributed by atoms with E-state index >= 15 is 0 Å². The zero-order chi connectivity index (χ0) is 28.6. The number of halogens is 1. The minimum absolute atomic E-state index is 0.0194. The second-order valence-corrected chi connectivity index (χ2v) is 11.5. The van der Waals surface area contributed by atoms with E-state index in [9.17, 15) is 18.0 Å². The molecule has 0 bridgehead atoms. The number of methoxy groups -OCH3 is 1. The number of hydrogen-bond donors (Lipinski definition) is 1. The number of hydrogen-bond acceptors (Lipinski definition) is 5. The molecule has 3 aromatic carbocycles. The number of benzene rings is 3. The van der Waals surface area contributed by atoms with Crippen molar-refractivity contribution in [2.75, 3.05) is 18.0 Å². The lowest BCUT2D eigenvalue weighted by atomic mass is 10.1. The minimum atomic E-state index is -4.19. The smallest absolute Gasteiger partial charge is 0.264 e. The molecule has 0 aliphatic heterocycles. The fourth-order valence-electron chi connectivity index (χ4n) is 4.18. The largest absolute Gasteiger partial charge is 0.495 e. The lowest BCUT2D eigenvalue weighted by Crippen LogP contribution is -2.53. The second-order valence-electron chi connectivity index (χ2n) is 9.20. The summed E-state index contributed by atoms with van der Waals surface area (Å²) in [6.45, 7) is 4.93. The van der Waals surface area contributed by atoms with Gasteiger partial charge in [-0.05, 0) is 56.2 Å². The van der Waals surface area contributed by atoms with Crippen LogP contribution in [-0.4, -0.2) is 50.9 Å². The number of rotatable bonds is 12. The monoisotopic (exact) mass is 571 g/mol. The Hall–Kier alpha value is -3.56. The average Bonchev–Trinajstić information content (AvgIpc) is 2.92. The SMILES string of the molecule is CC[C@H](C(=O)NC(C)C)N(Cc1ccccc1Cl)C(=O)CN(c1ccccc1OC)S(=O)(=O)c1ccccc1. The number of sulfonamides is 1. The Morgan fingerprint density at radius 3 is 2.18 bits per heavy atom. The van der Waals surface area contributed by atoms with Crippen LogP contribution in [-0.2, 0) is 26.2 Å². The van der Waals surface area contributed by atoms with Crippen molar-refractivity contribution in [3.63, 3.8) is 0 Å². The van der Waals surface area contributed by atoms with Crippen LogP contribution in [0.2, 0.25) is 5.02 Å². The maximum absolute atomic E-state index is 14.1. The van der Waals surface area contributed by atoms with Crippen LogP contribution in [0.25, 0.3) is 0 Å². The molecule has 0 fully saturated rings. The maximum atomic E-state index is 14.1. The number of para-hydroxylation sites is 2. The summed E-state index contributed by atoms with van der Waals surface area (Å²) in [4.78, 5) is 28.7. The number of amides is 2. The molecule has 1 N–H and O–H groups in total. The van der Waals surface area contributed by atoms with Gasteiger partial charge in [0, 0.05) is 17.6 Å². The van der Waals surface area contributed by atoms with Gasteiger partial charge in [0.15, 0.2) is 0 Å². The molecule has 0 heterocycles. The van der Waals surface area contributed by atoms with E-state index in [0.717, 1.165) is 4.31 Å². The molecular formula is C29H34ClN3O5S. The highest BCUT2D eigenvalue weighted by molar-refractivity contribution is 7.92. The highest BCUT2D eigenvalue weighted by Gasteiger charge is 2.35. The molecule has 10 heteroatoms. The van der Waals surface area contributed by atoms with Crippen molar-refractivity contribution in [1.82, 2.24) is 10.2 Å². The van der Waals surface area contributed by atoms with Gasteiger partial charge in [0.05, 0.1) is 17.7 Å². The number of carbonyl (C=O) groups is 2. The molecular weight excluding hydrogens is 538 g/mol. The Labute approximate surface area is 235 Å². The van der Waals surface area contributed by atoms with Crippen LogP contribution in [0.5, 0.6) is 5.75 Å². The second kappa shape index (κ2) is 13.5. The summed E-state index contributed by atoms with van der Waals surface area (Å²) in [5.74, 6) is -0.610. The average molecular weight is 572 g/mol. The normalized spacial score (nSPS) is 12.1. The van der Waals surface area contributed by atoms with Gasteiger partial charge in [-0.25, -0.2) is 8.42 Å². The molecule has 0 saturated carbocycles. The zero-order valence-electron chi connectivity index (χ0n) is 22.5. The molecule has 39 heavy (non-hydrogen) atoms. The van der Waals surface area contributed by atoms with Crippen LogP contribution in [0.3, 0.4) is 0 Å². The molecule has 1 atom stereocenters. The highest BCUT2D eigenvalue weighted by Crippen LogP contribution is 2.32. The van der Waals surface area contributed by atoms with Crippen molar-refractivity contribution in [2.24, 2.45) is 0 Å². The minimum Gasteiger partial charge on any atom is -0.495 e. The molecule has 2 amide bonds. The molecule has 3 rings (SSSR count). The predicted molar refractivity (Wildman–Crippen MR) is 153 cm³/mol. The van der Waals surface area contributed by atoms with Crippen LogP contribution in [0.15, 0.2) is 83.8 Å². The van der Waals surface area contributed by atoms with Crippen LogP contribution in [0.1, 0.15) is 32.8 Å². The summed E-state index contributed by atoms with van der Waals surface area (Å²) in [7, 11) is -2.76. The first kappa shape index (κ1) is 30.0. The molecule has 0 spiro atoms. The van der Waals surface area contributed by atoms with Gasteiger partial charge in [-0.1, -0.05) is 67.1 Å². The Balaban J connectivity index is 2.10. The van der Waals surface area contributed by atoms with Crippen molar-refractivity contribution in [3.05, 3.63) is 89.4 Å². The lowest BCUT2D eigenvalue weighted by molar-refractivity contribution is -0.140. The van der Waals surface area contributed by atoms with Gasteiger partial charge < -0.3 is 15.0 Å². The molecule has 0 aromatic heterocycles. The van der Waals surface area contributed by atoms with E-state index in [0.29, 0.717) is 17.0 Å². The molecule has 8 nitrogen and oxygen atoms in total. The third-order valence-electron chi connectivity index (χ3n) is 6.08. The van der Waals surface area contributed by atoms with Crippen LogP contribution in [0, 0.1) is 0 Å². The van der Waals surface area contributed by atoms with E-state index in [1.54, 1.807) is 73.7 Å². The Morgan fingerprint density at radius 1 is 0.949 bits per heavy atom. The Kier molecular flexibility index (Phi) is 10.4. The van der Waals surface area contributed by atoms with Crippen molar-refractivity contribution < 1.29 is 22.7 Å². The quantitative estimate of drug-likeness (QED) is 0.334. The van der Waals surface area contributed by atoms with E-state index < -0.39 is 28.5 Å². The van der Waals surface area contributed by atoms with Crippen LogP contribution >= 0.6 is 11.6 Å². The van der Waals surface area contributed by atoms with Gasteiger partial charge in [-0.2, -0.15) is 0 Å². The Morgan fingerprint density at radius 2 is 1.56 bits per heavy atom. The third-order valence-corrected chi connectivity index (χ3v) is 8.22. The van der Waals surface area contributed by atoms with Gasteiger partial charge >= 0.3 is 0 Å². The van der Waals surface area contributed by atoms with Gasteiger partial charge in [0.1, 0.15) is 18.3 Å². The molecule has 0 aliphatic carbocycles. The number of anilines is 1. The molecule has 3 aromatic rings. The van der Waals surface area contributed by atoms with Crippen molar-refractivity contribution in [1.29, 1.82) is 0 Å². The van der Waals surface area contributed by atoms with Gasteiger partial charge in [-0.3, -0.25) is 13.9 Å². The topological polar surface area (TPSA) is 96.0 Å². The van der Waals surface area contributed by atoms with Gasteiger partial charge in [0.2, 0.25) is 11.8 Å². The first-order chi connectivity index (χ1) is 18.6. The zero-order valence-corrected chi connectivity index (χ0v) is 24.1. The van der Waals surface area contributed by atoms with E-state index in [2.05, 4.69) is 5.32 Å². The molecule has 208 valence electrons. The fourth-order valence-corrected chi connectivity index (χ4v) is 5.82. The number of nitrogens with zero attached hydrogens (tertiary/aromatic N) is 2. The predicted octanol–water partition coefficient (Wildman–Crippen LogP) is 4.88. The summed E-state index contributed by atoms with van der Waals surface area (Å²) in [6.07, 6.45) is 0.314.